The minimum Gasteiger partial charge on any atom is -0.456 e. The van der Waals surface area contributed by atoms with E-state index in [0.29, 0.717) is 0 Å². The summed E-state index contributed by atoms with van der Waals surface area (Å²) < 4.78 is 6.49. The van der Waals surface area contributed by atoms with Crippen LogP contribution >= 0.6 is 0 Å². The molecule has 286 valence electrons. The largest absolute Gasteiger partial charge is 0.456 e. The predicted molar refractivity (Wildman–Crippen MR) is 254 cm³/mol. The summed E-state index contributed by atoms with van der Waals surface area (Å²) in [5, 5.41) is 6.82. The van der Waals surface area contributed by atoms with E-state index in [-0.39, 0.29) is 5.41 Å². The molecule has 0 aliphatic heterocycles. The Hall–Kier alpha value is -8.14. The Labute approximate surface area is 357 Å². The first kappa shape index (κ1) is 33.7. The minimum atomic E-state index is -0.380. The quantitative estimate of drug-likeness (QED) is 0.167. The molecule has 10 aromatic carbocycles. The summed E-state index contributed by atoms with van der Waals surface area (Å²) in [6.07, 6.45) is 3.56. The van der Waals surface area contributed by atoms with Gasteiger partial charge in [0, 0.05) is 33.9 Å². The molecule has 0 saturated heterocycles. The van der Waals surface area contributed by atoms with Crippen molar-refractivity contribution in [1.82, 2.24) is 9.97 Å². The summed E-state index contributed by atoms with van der Waals surface area (Å²) in [5.74, 6) is 0. The summed E-state index contributed by atoms with van der Waals surface area (Å²) in [4.78, 5) is 9.48. The van der Waals surface area contributed by atoms with E-state index >= 15 is 0 Å². The first-order valence-corrected chi connectivity index (χ1v) is 21.3. The van der Waals surface area contributed by atoms with Crippen molar-refractivity contribution < 1.29 is 4.42 Å². The highest BCUT2D eigenvalue weighted by Crippen LogP contribution is 2.63. The van der Waals surface area contributed by atoms with Gasteiger partial charge in [-0.15, -0.1) is 0 Å². The molecule has 3 nitrogen and oxygen atoms in total. The van der Waals surface area contributed by atoms with Crippen molar-refractivity contribution in [2.24, 2.45) is 0 Å². The first-order valence-electron chi connectivity index (χ1n) is 21.3. The molecule has 0 radical (unpaired) electrons. The second-order valence-electron chi connectivity index (χ2n) is 16.8. The van der Waals surface area contributed by atoms with Crippen LogP contribution < -0.4 is 0 Å². The summed E-state index contributed by atoms with van der Waals surface area (Å²) in [7, 11) is 0. The van der Waals surface area contributed by atoms with Crippen molar-refractivity contribution in [1.29, 1.82) is 0 Å². The smallest absolute Gasteiger partial charge is 0.135 e. The Bertz CT molecular complexity index is 3790. The number of rotatable bonds is 3. The normalized spacial score (nSPS) is 13.3. The molecule has 0 N–H and O–H groups in total. The van der Waals surface area contributed by atoms with Gasteiger partial charge in [-0.05, 0) is 131 Å². The SMILES string of the molecule is c1cc(-c2ccc3oc4ccc(-c5ccc6c(c5)C5(c7ccccc7-c7ccccc75)c5ccccc5-6)cc4c3c2)cc(-c2ccc3c(c2)c2ccccc2c2nccnc32)c1. The van der Waals surface area contributed by atoms with Gasteiger partial charge in [0.05, 0.1) is 16.4 Å². The highest BCUT2D eigenvalue weighted by molar-refractivity contribution is 6.23. The predicted octanol–water partition coefficient (Wildman–Crippen LogP) is 15.2. The lowest BCUT2D eigenvalue weighted by Crippen LogP contribution is -2.25. The molecule has 3 heteroatoms. The fourth-order valence-electron chi connectivity index (χ4n) is 11.1. The van der Waals surface area contributed by atoms with Gasteiger partial charge in [-0.1, -0.05) is 152 Å². The maximum Gasteiger partial charge on any atom is 0.135 e. The third-order valence-corrected chi connectivity index (χ3v) is 13.8. The van der Waals surface area contributed by atoms with Crippen molar-refractivity contribution in [3.05, 3.63) is 229 Å². The topological polar surface area (TPSA) is 38.9 Å². The molecule has 2 aromatic heterocycles. The minimum absolute atomic E-state index is 0.380. The van der Waals surface area contributed by atoms with Gasteiger partial charge in [0.2, 0.25) is 0 Å². The van der Waals surface area contributed by atoms with Crippen LogP contribution in [0.1, 0.15) is 22.3 Å². The average molecular weight is 787 g/mol. The molecule has 62 heavy (non-hydrogen) atoms. The lowest BCUT2D eigenvalue weighted by atomic mass is 9.70. The third kappa shape index (κ3) is 4.49. The monoisotopic (exact) mass is 786 g/mol. The van der Waals surface area contributed by atoms with Gasteiger partial charge in [0.1, 0.15) is 11.2 Å². The van der Waals surface area contributed by atoms with Crippen LogP contribution in [0, 0.1) is 0 Å². The second-order valence-corrected chi connectivity index (χ2v) is 16.8. The second kappa shape index (κ2) is 12.4. The number of hydrogen-bond acceptors (Lipinski definition) is 3. The van der Waals surface area contributed by atoms with E-state index in [1.54, 1.807) is 12.4 Å². The van der Waals surface area contributed by atoms with E-state index < -0.39 is 0 Å². The fourth-order valence-corrected chi connectivity index (χ4v) is 11.1. The molecular weight excluding hydrogens is 753 g/mol. The molecule has 2 aliphatic carbocycles. The van der Waals surface area contributed by atoms with Gasteiger partial charge in [-0.2, -0.15) is 0 Å². The first-order chi connectivity index (χ1) is 30.7. The third-order valence-electron chi connectivity index (χ3n) is 13.8. The van der Waals surface area contributed by atoms with Crippen LogP contribution in [0.15, 0.2) is 211 Å². The van der Waals surface area contributed by atoms with E-state index in [4.69, 9.17) is 14.4 Å². The standard InChI is InChI=1S/C59H34N2O/c1-2-16-46-41(12-1)48-31-37(21-25-47(48)58-57(46)60-28-29-61-58)35-10-9-11-36(30-35)38-22-26-55-49(32-38)50-33-39(23-27-56(50)62-55)40-20-24-45-44-15-5-8-19-53(44)59(54(45)34-40)51-17-6-3-13-42(51)43-14-4-7-18-52(43)59/h1-34H. The van der Waals surface area contributed by atoms with Crippen LogP contribution in [-0.2, 0) is 5.41 Å². The van der Waals surface area contributed by atoms with E-state index in [1.807, 2.05) is 0 Å². The molecule has 0 fully saturated rings. The number of nitrogens with zero attached hydrogens (tertiary/aromatic N) is 2. The molecule has 0 atom stereocenters. The van der Waals surface area contributed by atoms with E-state index in [0.717, 1.165) is 66.0 Å². The van der Waals surface area contributed by atoms with Crippen LogP contribution in [0.5, 0.6) is 0 Å². The molecule has 0 unspecified atom stereocenters. The zero-order chi connectivity index (χ0) is 40.5. The van der Waals surface area contributed by atoms with Gasteiger partial charge < -0.3 is 4.42 Å². The van der Waals surface area contributed by atoms with Crippen LogP contribution in [-0.4, -0.2) is 9.97 Å². The zero-order valence-electron chi connectivity index (χ0n) is 33.4. The highest BCUT2D eigenvalue weighted by Gasteiger charge is 2.51. The number of furan rings is 1. The molecule has 0 amide bonds. The molecule has 0 saturated carbocycles. The zero-order valence-corrected chi connectivity index (χ0v) is 33.4. The lowest BCUT2D eigenvalue weighted by Gasteiger charge is -2.30. The Morgan fingerprint density at radius 2 is 0.726 bits per heavy atom. The van der Waals surface area contributed by atoms with Gasteiger partial charge in [0.15, 0.2) is 0 Å². The number of benzene rings is 10. The number of hydrogen-bond donors (Lipinski definition) is 0. The maximum atomic E-state index is 6.49. The molecule has 2 heterocycles. The molecule has 1 spiro atoms. The van der Waals surface area contributed by atoms with Crippen molar-refractivity contribution >= 4 is 54.5 Å². The fraction of sp³-hybridized carbons (Fsp3) is 0.0169. The summed E-state index contributed by atoms with van der Waals surface area (Å²) in [6.45, 7) is 0. The molecule has 0 bridgehead atoms. The van der Waals surface area contributed by atoms with Gasteiger partial charge in [-0.25, -0.2) is 0 Å². The highest BCUT2D eigenvalue weighted by atomic mass is 16.3. The lowest BCUT2D eigenvalue weighted by molar-refractivity contribution is 0.669. The molecular formula is C59H34N2O. The van der Waals surface area contributed by atoms with Gasteiger partial charge in [0.25, 0.3) is 0 Å². The Balaban J connectivity index is 0.884. The van der Waals surface area contributed by atoms with Crippen LogP contribution in [0.3, 0.4) is 0 Å². The van der Waals surface area contributed by atoms with E-state index in [2.05, 4.69) is 194 Å². The Kier molecular flexibility index (Phi) is 6.76. The summed E-state index contributed by atoms with van der Waals surface area (Å²) in [5.41, 5.74) is 20.9. The summed E-state index contributed by atoms with van der Waals surface area (Å²) >= 11 is 0. The van der Waals surface area contributed by atoms with E-state index in [9.17, 15) is 0 Å². The number of fused-ring (bicyclic) bond motifs is 19. The van der Waals surface area contributed by atoms with Crippen molar-refractivity contribution in [2.45, 2.75) is 5.41 Å². The van der Waals surface area contributed by atoms with Crippen LogP contribution in [0.4, 0.5) is 0 Å². The van der Waals surface area contributed by atoms with Crippen LogP contribution in [0.25, 0.3) is 110 Å². The Morgan fingerprint density at radius 3 is 1.32 bits per heavy atom. The number of aromatic nitrogens is 2. The van der Waals surface area contributed by atoms with Crippen LogP contribution in [0.2, 0.25) is 0 Å². The summed E-state index contributed by atoms with van der Waals surface area (Å²) in [6, 6.07) is 71.5. The molecule has 14 rings (SSSR count). The van der Waals surface area contributed by atoms with Crippen molar-refractivity contribution in [3.63, 3.8) is 0 Å². The average Bonchev–Trinajstić information content (AvgIpc) is 3.97. The Morgan fingerprint density at radius 1 is 0.290 bits per heavy atom. The molecule has 2 aliphatic rings. The van der Waals surface area contributed by atoms with Crippen molar-refractivity contribution in [2.75, 3.05) is 0 Å². The van der Waals surface area contributed by atoms with Crippen molar-refractivity contribution in [3.8, 4) is 55.6 Å². The van der Waals surface area contributed by atoms with E-state index in [1.165, 1.54) is 66.4 Å². The van der Waals surface area contributed by atoms with Gasteiger partial charge in [-0.3, -0.25) is 9.97 Å². The molecule has 12 aromatic rings. The maximum absolute atomic E-state index is 6.49. The van der Waals surface area contributed by atoms with Gasteiger partial charge >= 0.3 is 0 Å².